The zero-order valence-corrected chi connectivity index (χ0v) is 34.2. The molecule has 60 heavy (non-hydrogen) atoms. The fourth-order valence-corrected chi connectivity index (χ4v) is 9.16. The Hall–Kier alpha value is -7.22. The molecule has 9 aromatic carbocycles. The highest BCUT2D eigenvalue weighted by Gasteiger charge is 2.19. The topological polar surface area (TPSA) is 4.93 Å². The summed E-state index contributed by atoms with van der Waals surface area (Å²) in [5.41, 5.74) is 20.2. The van der Waals surface area contributed by atoms with E-state index in [2.05, 4.69) is 237 Å². The SMILES string of the molecule is CCC(Cc1ccccc1-c1cc(-c2ccc3c(c2)c2ccccc2n3-c2ccc(-c3ccccc3)cc2)ccc1C)c1cc(-c2ccccc2)cc(-c2ccccc2)c1. The molecule has 0 saturated heterocycles. The number of benzene rings is 9. The van der Waals surface area contributed by atoms with Gasteiger partial charge in [-0.2, -0.15) is 0 Å². The largest absolute Gasteiger partial charge is 0.309 e. The van der Waals surface area contributed by atoms with Crippen LogP contribution < -0.4 is 0 Å². The lowest BCUT2D eigenvalue weighted by atomic mass is 9.83. The van der Waals surface area contributed by atoms with Gasteiger partial charge in [0, 0.05) is 16.5 Å². The van der Waals surface area contributed by atoms with Crippen molar-refractivity contribution in [3.63, 3.8) is 0 Å². The maximum atomic E-state index is 2.43. The third kappa shape index (κ3) is 7.14. The van der Waals surface area contributed by atoms with Crippen molar-refractivity contribution in [3.8, 4) is 61.3 Å². The van der Waals surface area contributed by atoms with E-state index in [-0.39, 0.29) is 0 Å². The quantitative estimate of drug-likeness (QED) is 0.131. The van der Waals surface area contributed by atoms with Gasteiger partial charge in [-0.1, -0.05) is 183 Å². The van der Waals surface area contributed by atoms with Crippen LogP contribution in [0.15, 0.2) is 218 Å². The van der Waals surface area contributed by atoms with Gasteiger partial charge in [-0.15, -0.1) is 0 Å². The molecule has 0 bridgehead atoms. The first kappa shape index (κ1) is 37.1. The van der Waals surface area contributed by atoms with Crippen LogP contribution in [0.1, 0.15) is 36.0 Å². The minimum atomic E-state index is 0.357. The van der Waals surface area contributed by atoms with Crippen LogP contribution in [-0.4, -0.2) is 4.57 Å². The van der Waals surface area contributed by atoms with Crippen molar-refractivity contribution < 1.29 is 0 Å². The lowest BCUT2D eigenvalue weighted by Gasteiger charge is -2.21. The third-order valence-electron chi connectivity index (χ3n) is 12.4. The number of hydrogen-bond donors (Lipinski definition) is 0. The number of para-hydroxylation sites is 1. The van der Waals surface area contributed by atoms with E-state index < -0.39 is 0 Å². The number of hydrogen-bond acceptors (Lipinski definition) is 0. The number of fused-ring (bicyclic) bond motifs is 3. The van der Waals surface area contributed by atoms with E-state index in [0.717, 1.165) is 18.5 Å². The molecule has 1 nitrogen and oxygen atoms in total. The lowest BCUT2D eigenvalue weighted by Crippen LogP contribution is -2.04. The summed E-state index contributed by atoms with van der Waals surface area (Å²) in [5.74, 6) is 0.357. The van der Waals surface area contributed by atoms with Gasteiger partial charge in [0.1, 0.15) is 0 Å². The van der Waals surface area contributed by atoms with Crippen molar-refractivity contribution >= 4 is 21.8 Å². The van der Waals surface area contributed by atoms with Crippen LogP contribution >= 0.6 is 0 Å². The molecule has 1 atom stereocenters. The molecular weight excluding hydrogens is 723 g/mol. The molecule has 0 aliphatic heterocycles. The highest BCUT2D eigenvalue weighted by Crippen LogP contribution is 2.39. The van der Waals surface area contributed by atoms with Crippen LogP contribution in [0.2, 0.25) is 0 Å². The molecule has 1 unspecified atom stereocenters. The summed E-state index contributed by atoms with van der Waals surface area (Å²) in [7, 11) is 0. The predicted octanol–water partition coefficient (Wildman–Crippen LogP) is 16.2. The maximum absolute atomic E-state index is 2.43. The molecule has 0 aliphatic rings. The number of aromatic nitrogens is 1. The monoisotopic (exact) mass is 769 g/mol. The Labute approximate surface area is 353 Å². The molecule has 10 aromatic rings. The first-order chi connectivity index (χ1) is 29.6. The Bertz CT molecular complexity index is 3020. The molecule has 0 amide bonds. The van der Waals surface area contributed by atoms with E-state index in [4.69, 9.17) is 0 Å². The van der Waals surface area contributed by atoms with Crippen LogP contribution in [0.5, 0.6) is 0 Å². The van der Waals surface area contributed by atoms with Gasteiger partial charge >= 0.3 is 0 Å². The van der Waals surface area contributed by atoms with Crippen molar-refractivity contribution in [1.29, 1.82) is 0 Å². The zero-order chi connectivity index (χ0) is 40.4. The number of aryl methyl sites for hydroxylation is 1. The molecule has 0 spiro atoms. The van der Waals surface area contributed by atoms with Crippen LogP contribution in [0.3, 0.4) is 0 Å². The fourth-order valence-electron chi connectivity index (χ4n) is 9.16. The van der Waals surface area contributed by atoms with Gasteiger partial charge in [-0.3, -0.25) is 0 Å². The van der Waals surface area contributed by atoms with Gasteiger partial charge in [0.2, 0.25) is 0 Å². The standard InChI is InChI=1S/C59H47N/c1-3-42(50-36-51(44-19-9-5-10-20-44)38-52(37-50)45-21-11-6-12-22-45)35-49-23-13-14-24-54(49)56-39-47(28-27-41(56)2)48-31-34-59-57(40-48)55-25-15-16-26-58(55)60(59)53-32-29-46(30-33-53)43-17-7-4-8-18-43/h4-34,36-40,42H,3,35H2,1-2H3. The average Bonchev–Trinajstić information content (AvgIpc) is 3.65. The number of nitrogens with zero attached hydrogens (tertiary/aromatic N) is 1. The lowest BCUT2D eigenvalue weighted by molar-refractivity contribution is 0.661. The fraction of sp³-hybridized carbons (Fsp3) is 0.0847. The Balaban J connectivity index is 1.01. The van der Waals surface area contributed by atoms with Crippen molar-refractivity contribution in [1.82, 2.24) is 4.57 Å². The molecule has 0 N–H and O–H groups in total. The van der Waals surface area contributed by atoms with E-state index in [1.807, 2.05) is 0 Å². The molecule has 0 fully saturated rings. The first-order valence-corrected chi connectivity index (χ1v) is 21.3. The second kappa shape index (κ2) is 16.2. The normalized spacial score (nSPS) is 11.9. The van der Waals surface area contributed by atoms with Crippen LogP contribution in [0.4, 0.5) is 0 Å². The predicted molar refractivity (Wildman–Crippen MR) is 256 cm³/mol. The molecule has 10 rings (SSSR count). The summed E-state index contributed by atoms with van der Waals surface area (Å²) in [5, 5.41) is 2.52. The van der Waals surface area contributed by atoms with Gasteiger partial charge in [0.25, 0.3) is 0 Å². The molecule has 0 aliphatic carbocycles. The molecule has 1 aromatic heterocycles. The summed E-state index contributed by atoms with van der Waals surface area (Å²) in [6.45, 7) is 4.59. The second-order valence-electron chi connectivity index (χ2n) is 16.1. The van der Waals surface area contributed by atoms with Crippen LogP contribution in [-0.2, 0) is 6.42 Å². The third-order valence-corrected chi connectivity index (χ3v) is 12.4. The minimum Gasteiger partial charge on any atom is -0.309 e. The molecule has 288 valence electrons. The average molecular weight is 770 g/mol. The van der Waals surface area contributed by atoms with Crippen molar-refractivity contribution in [2.45, 2.75) is 32.6 Å². The molecule has 1 heteroatoms. The Morgan fingerprint density at radius 1 is 0.383 bits per heavy atom. The van der Waals surface area contributed by atoms with E-state index in [9.17, 15) is 0 Å². The molecule has 0 saturated carbocycles. The smallest absolute Gasteiger partial charge is 0.0541 e. The highest BCUT2D eigenvalue weighted by atomic mass is 15.0. The van der Waals surface area contributed by atoms with E-state index >= 15 is 0 Å². The van der Waals surface area contributed by atoms with Crippen molar-refractivity contribution in [3.05, 3.63) is 235 Å². The second-order valence-corrected chi connectivity index (χ2v) is 16.1. The highest BCUT2D eigenvalue weighted by molar-refractivity contribution is 6.10. The Morgan fingerprint density at radius 3 is 1.57 bits per heavy atom. The Morgan fingerprint density at radius 2 is 0.900 bits per heavy atom. The van der Waals surface area contributed by atoms with E-state index in [1.165, 1.54) is 94.1 Å². The van der Waals surface area contributed by atoms with Gasteiger partial charge < -0.3 is 4.57 Å². The van der Waals surface area contributed by atoms with Crippen LogP contribution in [0, 0.1) is 6.92 Å². The van der Waals surface area contributed by atoms with Gasteiger partial charge in [0.15, 0.2) is 0 Å². The van der Waals surface area contributed by atoms with Gasteiger partial charge in [-0.25, -0.2) is 0 Å². The summed E-state index contributed by atoms with van der Waals surface area (Å²) in [6.07, 6.45) is 2.01. The Kier molecular flexibility index (Phi) is 10.0. The summed E-state index contributed by atoms with van der Waals surface area (Å²) < 4.78 is 2.41. The summed E-state index contributed by atoms with van der Waals surface area (Å²) >= 11 is 0. The minimum absolute atomic E-state index is 0.357. The van der Waals surface area contributed by atoms with E-state index in [0.29, 0.717) is 5.92 Å². The molecular formula is C59H47N. The number of rotatable bonds is 10. The van der Waals surface area contributed by atoms with Crippen molar-refractivity contribution in [2.75, 3.05) is 0 Å². The van der Waals surface area contributed by atoms with Gasteiger partial charge in [-0.05, 0) is 140 Å². The first-order valence-electron chi connectivity index (χ1n) is 21.3. The van der Waals surface area contributed by atoms with Crippen LogP contribution in [0.25, 0.3) is 83.1 Å². The molecule has 0 radical (unpaired) electrons. The zero-order valence-electron chi connectivity index (χ0n) is 34.2. The van der Waals surface area contributed by atoms with Crippen molar-refractivity contribution in [2.24, 2.45) is 0 Å². The van der Waals surface area contributed by atoms with E-state index in [1.54, 1.807) is 0 Å². The summed E-state index contributed by atoms with van der Waals surface area (Å²) in [4.78, 5) is 0. The molecule has 1 heterocycles. The maximum Gasteiger partial charge on any atom is 0.0541 e. The van der Waals surface area contributed by atoms with Gasteiger partial charge in [0.05, 0.1) is 11.0 Å². The summed E-state index contributed by atoms with van der Waals surface area (Å²) in [6, 6.07) is 80.3.